The van der Waals surface area contributed by atoms with Gasteiger partial charge in [-0.25, -0.2) is 0 Å². The minimum Gasteiger partial charge on any atom is -0.480 e. The van der Waals surface area contributed by atoms with Crippen molar-refractivity contribution < 1.29 is 24.2 Å². The van der Waals surface area contributed by atoms with Crippen LogP contribution in [0.1, 0.15) is 6.92 Å². The van der Waals surface area contributed by atoms with Crippen LogP contribution in [0.25, 0.3) is 0 Å². The third kappa shape index (κ3) is 8.08. The van der Waals surface area contributed by atoms with Gasteiger partial charge in [0.15, 0.2) is 0 Å². The van der Waals surface area contributed by atoms with Crippen LogP contribution in [-0.4, -0.2) is 69.7 Å². The second-order valence-electron chi connectivity index (χ2n) is 4.19. The zero-order chi connectivity index (χ0) is 14.0. The van der Waals surface area contributed by atoms with E-state index in [-0.39, 0.29) is 18.4 Å². The van der Waals surface area contributed by atoms with E-state index < -0.39 is 5.97 Å². The van der Waals surface area contributed by atoms with Crippen molar-refractivity contribution in [3.63, 3.8) is 0 Å². The lowest BCUT2D eigenvalue weighted by atomic mass is 10.0. The number of rotatable bonds is 10. The number of methoxy groups -OCH3 is 1. The van der Waals surface area contributed by atoms with Crippen molar-refractivity contribution in [1.29, 1.82) is 0 Å². The van der Waals surface area contributed by atoms with Crippen LogP contribution in [0.3, 0.4) is 0 Å². The fraction of sp³-hybridized carbons (Fsp3) is 0.818. The van der Waals surface area contributed by atoms with Crippen molar-refractivity contribution in [2.24, 2.45) is 5.92 Å². The highest BCUT2D eigenvalue weighted by Gasteiger charge is 2.17. The molecule has 0 aliphatic rings. The van der Waals surface area contributed by atoms with E-state index in [4.69, 9.17) is 14.6 Å². The maximum Gasteiger partial charge on any atom is 0.323 e. The molecule has 0 bridgehead atoms. The molecule has 0 aliphatic carbocycles. The zero-order valence-corrected chi connectivity index (χ0v) is 11.3. The monoisotopic (exact) mass is 259 g/mol. The molecule has 0 unspecified atom stereocenters. The lowest BCUT2D eigenvalue weighted by Crippen LogP contribution is -2.39. The van der Waals surface area contributed by atoms with Gasteiger partial charge in [-0.15, -0.1) is 0 Å². The van der Waals surface area contributed by atoms with Crippen LogP contribution < -0.4 is 0 Å². The highest BCUT2D eigenvalue weighted by atomic mass is 16.5. The molecule has 1 amide bonds. The molecule has 104 valence electrons. The normalized spacial score (nSPS) is 12.1. The van der Waals surface area contributed by atoms with Crippen LogP contribution in [0.2, 0.25) is 6.32 Å². The molecule has 0 aliphatic heterocycles. The van der Waals surface area contributed by atoms with Crippen molar-refractivity contribution in [2.75, 3.05) is 40.0 Å². The molecule has 0 rings (SSSR count). The smallest absolute Gasteiger partial charge is 0.323 e. The van der Waals surface area contributed by atoms with Crippen LogP contribution in [0.4, 0.5) is 0 Å². The average molecular weight is 259 g/mol. The summed E-state index contributed by atoms with van der Waals surface area (Å²) >= 11 is 0. The molecule has 0 saturated carbocycles. The summed E-state index contributed by atoms with van der Waals surface area (Å²) in [7, 11) is 3.32. The predicted molar refractivity (Wildman–Crippen MR) is 69.4 cm³/mol. The van der Waals surface area contributed by atoms with Crippen LogP contribution in [0.5, 0.6) is 0 Å². The molecular formula is C11H22BNO5. The number of carboxylic acid groups (broad SMARTS) is 1. The van der Waals surface area contributed by atoms with E-state index in [1.807, 2.05) is 6.92 Å². The number of carbonyl (C=O) groups is 2. The summed E-state index contributed by atoms with van der Waals surface area (Å²) in [5.41, 5.74) is 0. The largest absolute Gasteiger partial charge is 0.480 e. The van der Waals surface area contributed by atoms with Gasteiger partial charge in [-0.2, -0.15) is 0 Å². The molecule has 0 aromatic carbocycles. The highest BCUT2D eigenvalue weighted by Crippen LogP contribution is 2.03. The van der Waals surface area contributed by atoms with Crippen molar-refractivity contribution in [3.05, 3.63) is 0 Å². The van der Waals surface area contributed by atoms with Gasteiger partial charge in [0.2, 0.25) is 5.91 Å². The molecule has 6 nitrogen and oxygen atoms in total. The van der Waals surface area contributed by atoms with Gasteiger partial charge in [0, 0.05) is 13.7 Å². The average Bonchev–Trinajstić information content (AvgIpc) is 2.32. The fourth-order valence-corrected chi connectivity index (χ4v) is 1.50. The molecule has 1 atom stereocenters. The van der Waals surface area contributed by atoms with E-state index in [1.165, 1.54) is 4.90 Å². The first-order valence-corrected chi connectivity index (χ1v) is 6.07. The Morgan fingerprint density at radius 1 is 1.39 bits per heavy atom. The molecule has 7 heteroatoms. The van der Waals surface area contributed by atoms with Crippen LogP contribution in [0.15, 0.2) is 0 Å². The van der Waals surface area contributed by atoms with E-state index in [2.05, 4.69) is 0 Å². The molecule has 0 saturated heterocycles. The van der Waals surface area contributed by atoms with Crippen molar-refractivity contribution in [1.82, 2.24) is 4.90 Å². The number of ether oxygens (including phenoxy) is 2. The molecule has 18 heavy (non-hydrogen) atoms. The predicted octanol–water partition coefficient (Wildman–Crippen LogP) is -0.750. The number of hydrogen-bond acceptors (Lipinski definition) is 4. The molecule has 0 heterocycles. The van der Waals surface area contributed by atoms with E-state index in [0.29, 0.717) is 32.7 Å². The first kappa shape index (κ1) is 16.9. The number of carbonyl (C=O) groups excluding carboxylic acids is 1. The van der Waals surface area contributed by atoms with Crippen molar-refractivity contribution in [2.45, 2.75) is 13.2 Å². The summed E-state index contributed by atoms with van der Waals surface area (Å²) in [4.78, 5) is 23.6. The Kier molecular flexibility index (Phi) is 9.31. The molecule has 0 spiro atoms. The van der Waals surface area contributed by atoms with E-state index in [1.54, 1.807) is 15.0 Å². The highest BCUT2D eigenvalue weighted by molar-refractivity contribution is 6.19. The standard InChI is InChI=1S/C11H22BNO5/c1-9(8-18-4-3-17-2)6-13(7-11(15)16)10(14)5-12/h9H,3-8,12H2,1-2H3,(H,15,16)/t9-/m1/s1. The first-order valence-electron chi connectivity index (χ1n) is 6.07. The molecule has 0 aromatic rings. The molecule has 0 radical (unpaired) electrons. The summed E-state index contributed by atoms with van der Waals surface area (Å²) in [6, 6.07) is 0. The topological polar surface area (TPSA) is 76.1 Å². The first-order chi connectivity index (χ1) is 8.51. The van der Waals surface area contributed by atoms with Gasteiger partial charge >= 0.3 is 5.97 Å². The number of amides is 1. The van der Waals surface area contributed by atoms with Gasteiger partial charge in [-0.1, -0.05) is 6.92 Å². The van der Waals surface area contributed by atoms with Gasteiger partial charge in [0.1, 0.15) is 14.4 Å². The SMILES string of the molecule is BCC(=O)N(CC(=O)O)C[C@@H](C)COCCOC. The molecule has 0 aromatic heterocycles. The summed E-state index contributed by atoms with van der Waals surface area (Å²) in [6.07, 6.45) is 0.310. The molecule has 0 fully saturated rings. The Bertz CT molecular complexity index is 262. The Hall–Kier alpha value is -1.08. The summed E-state index contributed by atoms with van der Waals surface area (Å²) in [5.74, 6) is -1.05. The number of carboxylic acids is 1. The Morgan fingerprint density at radius 3 is 2.56 bits per heavy atom. The quantitative estimate of drug-likeness (QED) is 0.412. The Morgan fingerprint density at radius 2 is 2.06 bits per heavy atom. The van der Waals surface area contributed by atoms with Gasteiger partial charge in [0.05, 0.1) is 19.8 Å². The van der Waals surface area contributed by atoms with E-state index >= 15 is 0 Å². The number of hydrogen-bond donors (Lipinski definition) is 1. The third-order valence-electron chi connectivity index (χ3n) is 2.35. The maximum atomic E-state index is 11.6. The number of aliphatic carboxylic acids is 1. The van der Waals surface area contributed by atoms with Crippen LogP contribution in [0, 0.1) is 5.92 Å². The van der Waals surface area contributed by atoms with Gasteiger partial charge in [0.25, 0.3) is 0 Å². The molecule has 1 N–H and O–H groups in total. The lowest BCUT2D eigenvalue weighted by Gasteiger charge is -2.24. The molecular weight excluding hydrogens is 237 g/mol. The third-order valence-corrected chi connectivity index (χ3v) is 2.35. The van der Waals surface area contributed by atoms with Gasteiger partial charge in [-0.05, 0) is 12.2 Å². The second kappa shape index (κ2) is 9.90. The van der Waals surface area contributed by atoms with Gasteiger partial charge < -0.3 is 19.5 Å². The zero-order valence-electron chi connectivity index (χ0n) is 11.3. The minimum absolute atomic E-state index is 0.0942. The van der Waals surface area contributed by atoms with E-state index in [0.717, 1.165) is 0 Å². The fourth-order valence-electron chi connectivity index (χ4n) is 1.50. The number of nitrogens with zero attached hydrogens (tertiary/aromatic N) is 1. The van der Waals surface area contributed by atoms with Crippen molar-refractivity contribution in [3.8, 4) is 0 Å². The minimum atomic E-state index is -0.996. The van der Waals surface area contributed by atoms with Crippen molar-refractivity contribution >= 4 is 19.7 Å². The van der Waals surface area contributed by atoms with Crippen LogP contribution in [-0.2, 0) is 19.1 Å². The van der Waals surface area contributed by atoms with Gasteiger partial charge in [-0.3, -0.25) is 9.59 Å². The maximum absolute atomic E-state index is 11.6. The van der Waals surface area contributed by atoms with Crippen LogP contribution >= 0.6 is 0 Å². The second-order valence-corrected chi connectivity index (χ2v) is 4.19. The summed E-state index contributed by atoms with van der Waals surface area (Å²) < 4.78 is 10.2. The summed E-state index contributed by atoms with van der Waals surface area (Å²) in [6.45, 7) is 3.57. The van der Waals surface area contributed by atoms with E-state index in [9.17, 15) is 9.59 Å². The lowest BCUT2D eigenvalue weighted by molar-refractivity contribution is -0.144. The summed E-state index contributed by atoms with van der Waals surface area (Å²) in [5, 5.41) is 8.75. The Labute approximate surface area is 109 Å². The Balaban J connectivity index is 4.05.